The minimum atomic E-state index is -0.826. The molecule has 0 radical (unpaired) electrons. The lowest BCUT2D eigenvalue weighted by Gasteiger charge is -2.03. The third-order valence-corrected chi connectivity index (χ3v) is 1.77. The van der Waals surface area contributed by atoms with Crippen LogP contribution in [0, 0.1) is 0 Å². The molecule has 0 aromatic heterocycles. The fourth-order valence-electron chi connectivity index (χ4n) is 0.923. The first-order valence-corrected chi connectivity index (χ1v) is 3.83. The van der Waals surface area contributed by atoms with Crippen LogP contribution in [-0.2, 0) is 9.59 Å². The number of rotatable bonds is 3. The van der Waals surface area contributed by atoms with E-state index >= 15 is 0 Å². The van der Waals surface area contributed by atoms with Crippen LogP contribution >= 0.6 is 11.6 Å². The Morgan fingerprint density at radius 3 is 2.33 bits per heavy atom. The zero-order valence-electron chi connectivity index (χ0n) is 6.24. The van der Waals surface area contributed by atoms with Gasteiger partial charge in [-0.3, -0.25) is 4.79 Å². The first-order chi connectivity index (χ1) is 5.75. The highest BCUT2D eigenvalue weighted by atomic mass is 35.5. The van der Waals surface area contributed by atoms with E-state index in [1.54, 1.807) is 24.3 Å². The fourth-order valence-corrected chi connectivity index (χ4v) is 1.10. The molecule has 12 heavy (non-hydrogen) atoms. The molecule has 0 saturated heterocycles. The first-order valence-electron chi connectivity index (χ1n) is 3.45. The van der Waals surface area contributed by atoms with Crippen LogP contribution in [0.4, 0.5) is 0 Å². The Kier molecular flexibility index (Phi) is 3.00. The summed E-state index contributed by atoms with van der Waals surface area (Å²) >= 11 is 5.21. The van der Waals surface area contributed by atoms with Crippen molar-refractivity contribution < 1.29 is 9.59 Å². The average Bonchev–Trinajstić information content (AvgIpc) is 2.07. The molecule has 1 rings (SSSR count). The summed E-state index contributed by atoms with van der Waals surface area (Å²) < 4.78 is 0. The van der Waals surface area contributed by atoms with Crippen molar-refractivity contribution in [3.63, 3.8) is 0 Å². The molecule has 0 bridgehead atoms. The van der Waals surface area contributed by atoms with E-state index in [1.807, 2.05) is 6.07 Å². The summed E-state index contributed by atoms with van der Waals surface area (Å²) in [6, 6.07) is 8.71. The largest absolute Gasteiger partial charge is 0.302 e. The number of hydrogen-bond donors (Lipinski definition) is 0. The number of carbonyl (C=O) groups is 2. The number of benzene rings is 1. The third kappa shape index (κ3) is 1.92. The van der Waals surface area contributed by atoms with Crippen molar-refractivity contribution in [2.75, 3.05) is 0 Å². The van der Waals surface area contributed by atoms with Crippen LogP contribution in [0.2, 0.25) is 0 Å². The van der Waals surface area contributed by atoms with Gasteiger partial charge >= 0.3 is 0 Å². The Hall–Kier alpha value is -1.15. The Labute approximate surface area is 75.2 Å². The molecule has 1 aromatic carbocycles. The number of halogens is 1. The molecule has 0 N–H and O–H groups in total. The van der Waals surface area contributed by atoms with Gasteiger partial charge in [-0.25, -0.2) is 0 Å². The maximum absolute atomic E-state index is 10.7. The van der Waals surface area contributed by atoms with Gasteiger partial charge in [0.25, 0.3) is 0 Å². The van der Waals surface area contributed by atoms with Crippen molar-refractivity contribution in [2.45, 2.75) is 5.92 Å². The molecule has 0 fully saturated rings. The smallest absolute Gasteiger partial charge is 0.236 e. The van der Waals surface area contributed by atoms with Crippen molar-refractivity contribution in [1.82, 2.24) is 0 Å². The minimum absolute atomic E-state index is 0.546. The molecule has 0 aliphatic carbocycles. The lowest BCUT2D eigenvalue weighted by atomic mass is 10.0. The van der Waals surface area contributed by atoms with Crippen molar-refractivity contribution in [3.05, 3.63) is 35.9 Å². The van der Waals surface area contributed by atoms with Crippen LogP contribution in [0.5, 0.6) is 0 Å². The first kappa shape index (κ1) is 8.94. The van der Waals surface area contributed by atoms with Crippen LogP contribution < -0.4 is 0 Å². The molecule has 1 unspecified atom stereocenters. The van der Waals surface area contributed by atoms with Gasteiger partial charge < -0.3 is 4.79 Å². The van der Waals surface area contributed by atoms with Gasteiger partial charge in [0.1, 0.15) is 12.2 Å². The zero-order valence-corrected chi connectivity index (χ0v) is 6.99. The number of hydrogen-bond acceptors (Lipinski definition) is 2. The van der Waals surface area contributed by atoms with Crippen molar-refractivity contribution in [2.24, 2.45) is 0 Å². The molecule has 0 aliphatic rings. The topological polar surface area (TPSA) is 34.1 Å². The molecule has 0 spiro atoms. The lowest BCUT2D eigenvalue weighted by molar-refractivity contribution is -0.118. The highest BCUT2D eigenvalue weighted by Crippen LogP contribution is 2.15. The number of carbonyl (C=O) groups excluding carboxylic acids is 2. The summed E-state index contributed by atoms with van der Waals surface area (Å²) in [5.41, 5.74) is 0.632. The Morgan fingerprint density at radius 2 is 1.92 bits per heavy atom. The highest BCUT2D eigenvalue weighted by molar-refractivity contribution is 6.66. The maximum atomic E-state index is 10.7. The van der Waals surface area contributed by atoms with Gasteiger partial charge in [-0.2, -0.15) is 0 Å². The van der Waals surface area contributed by atoms with Gasteiger partial charge in [0.2, 0.25) is 5.24 Å². The standard InChI is InChI=1S/C9H7ClO2/c10-9(12)8(6-11)7-4-2-1-3-5-7/h1-6,8H. The van der Waals surface area contributed by atoms with E-state index in [0.29, 0.717) is 11.8 Å². The summed E-state index contributed by atoms with van der Waals surface area (Å²) in [6.45, 7) is 0. The molecule has 2 nitrogen and oxygen atoms in total. The summed E-state index contributed by atoms with van der Waals surface area (Å²) in [7, 11) is 0. The van der Waals surface area contributed by atoms with E-state index in [2.05, 4.69) is 0 Å². The van der Waals surface area contributed by atoms with Gasteiger partial charge in [0, 0.05) is 0 Å². The molecule has 0 amide bonds. The molecule has 3 heteroatoms. The molecule has 0 saturated carbocycles. The second-order valence-corrected chi connectivity index (χ2v) is 2.70. The minimum Gasteiger partial charge on any atom is -0.302 e. The van der Waals surface area contributed by atoms with Gasteiger partial charge in [-0.15, -0.1) is 0 Å². The molecule has 62 valence electrons. The van der Waals surface area contributed by atoms with Crippen LogP contribution in [0.1, 0.15) is 11.5 Å². The van der Waals surface area contributed by atoms with E-state index < -0.39 is 11.2 Å². The quantitative estimate of drug-likeness (QED) is 0.405. The summed E-state index contributed by atoms with van der Waals surface area (Å²) in [5, 5.41) is -0.642. The van der Waals surface area contributed by atoms with E-state index in [1.165, 1.54) is 0 Å². The van der Waals surface area contributed by atoms with Crippen LogP contribution in [-0.4, -0.2) is 11.5 Å². The Bertz CT molecular complexity index is 282. The molecule has 1 atom stereocenters. The second kappa shape index (κ2) is 4.02. The lowest BCUT2D eigenvalue weighted by Crippen LogP contribution is -2.07. The van der Waals surface area contributed by atoms with E-state index in [9.17, 15) is 9.59 Å². The average molecular weight is 183 g/mol. The van der Waals surface area contributed by atoms with Gasteiger partial charge in [0.15, 0.2) is 0 Å². The summed E-state index contributed by atoms with van der Waals surface area (Å²) in [4.78, 5) is 21.2. The molecular formula is C9H7ClO2. The zero-order chi connectivity index (χ0) is 8.97. The van der Waals surface area contributed by atoms with Crippen LogP contribution in [0.15, 0.2) is 30.3 Å². The molecular weight excluding hydrogens is 176 g/mol. The van der Waals surface area contributed by atoms with E-state index in [4.69, 9.17) is 11.6 Å². The molecule has 1 aromatic rings. The van der Waals surface area contributed by atoms with Crippen molar-refractivity contribution in [1.29, 1.82) is 0 Å². The van der Waals surface area contributed by atoms with E-state index in [0.717, 1.165) is 0 Å². The van der Waals surface area contributed by atoms with Crippen molar-refractivity contribution >= 4 is 23.1 Å². The Morgan fingerprint density at radius 1 is 1.33 bits per heavy atom. The Balaban J connectivity index is 2.95. The highest BCUT2D eigenvalue weighted by Gasteiger charge is 2.16. The predicted molar refractivity (Wildman–Crippen MR) is 46.1 cm³/mol. The normalized spacial score (nSPS) is 12.1. The van der Waals surface area contributed by atoms with Gasteiger partial charge in [-0.05, 0) is 17.2 Å². The van der Waals surface area contributed by atoms with Gasteiger partial charge in [0.05, 0.1) is 0 Å². The molecule has 0 heterocycles. The third-order valence-electron chi connectivity index (χ3n) is 1.54. The van der Waals surface area contributed by atoms with Crippen molar-refractivity contribution in [3.8, 4) is 0 Å². The second-order valence-electron chi connectivity index (χ2n) is 2.33. The summed E-state index contributed by atoms with van der Waals surface area (Å²) in [5.74, 6) is -0.826. The van der Waals surface area contributed by atoms with Crippen LogP contribution in [0.3, 0.4) is 0 Å². The SMILES string of the molecule is O=CC(C(=O)Cl)c1ccccc1. The fraction of sp³-hybridized carbons (Fsp3) is 0.111. The number of aldehydes is 1. The molecule has 0 aliphatic heterocycles. The van der Waals surface area contributed by atoms with Crippen LogP contribution in [0.25, 0.3) is 0 Å². The monoisotopic (exact) mass is 182 g/mol. The predicted octanol–water partition coefficient (Wildman–Crippen LogP) is 1.73. The maximum Gasteiger partial charge on any atom is 0.236 e. The van der Waals surface area contributed by atoms with E-state index in [-0.39, 0.29) is 0 Å². The summed E-state index contributed by atoms with van der Waals surface area (Å²) in [6.07, 6.45) is 0.546. The van der Waals surface area contributed by atoms with Gasteiger partial charge in [-0.1, -0.05) is 30.3 Å².